The maximum atomic E-state index is 12.6. The van der Waals surface area contributed by atoms with Crippen LogP contribution in [0.3, 0.4) is 0 Å². The summed E-state index contributed by atoms with van der Waals surface area (Å²) in [4.78, 5) is 12.6. The fourth-order valence-electron chi connectivity index (χ4n) is 2.63. The third-order valence-corrected chi connectivity index (χ3v) is 5.96. The van der Waals surface area contributed by atoms with Crippen LogP contribution in [0.2, 0.25) is 5.02 Å². The average molecular weight is 409 g/mol. The Labute approximate surface area is 166 Å². The van der Waals surface area contributed by atoms with Gasteiger partial charge in [0.2, 0.25) is 10.0 Å². The molecule has 0 radical (unpaired) electrons. The lowest BCUT2D eigenvalue weighted by molar-refractivity contribution is 0.0938. The van der Waals surface area contributed by atoms with Gasteiger partial charge in [-0.15, -0.1) is 0 Å². The lowest BCUT2D eigenvalue weighted by Crippen LogP contribution is -2.34. The molecule has 2 N–H and O–H groups in total. The van der Waals surface area contributed by atoms with Crippen LogP contribution in [0.15, 0.2) is 53.4 Å². The Bertz CT molecular complexity index is 883. The highest BCUT2D eigenvalue weighted by atomic mass is 35.5. The molecule has 0 bridgehead atoms. The summed E-state index contributed by atoms with van der Waals surface area (Å²) in [5, 5.41) is 3.10. The van der Waals surface area contributed by atoms with Gasteiger partial charge in [0.15, 0.2) is 0 Å². The van der Waals surface area contributed by atoms with Crippen molar-refractivity contribution in [2.45, 2.75) is 50.6 Å². The van der Waals surface area contributed by atoms with Crippen molar-refractivity contribution in [1.29, 1.82) is 0 Å². The van der Waals surface area contributed by atoms with E-state index >= 15 is 0 Å². The van der Waals surface area contributed by atoms with E-state index in [4.69, 9.17) is 11.6 Å². The monoisotopic (exact) mass is 408 g/mol. The number of benzene rings is 2. The van der Waals surface area contributed by atoms with E-state index in [1.807, 2.05) is 37.3 Å². The number of aryl methyl sites for hydroxylation is 1. The Morgan fingerprint density at radius 3 is 2.37 bits per heavy atom. The Morgan fingerprint density at radius 2 is 1.74 bits per heavy atom. The average Bonchev–Trinajstić information content (AvgIpc) is 2.60. The van der Waals surface area contributed by atoms with Crippen molar-refractivity contribution in [3.8, 4) is 0 Å². The summed E-state index contributed by atoms with van der Waals surface area (Å²) in [6.45, 7) is 5.38. The third kappa shape index (κ3) is 6.34. The second-order valence-corrected chi connectivity index (χ2v) is 8.94. The number of rotatable bonds is 8. The van der Waals surface area contributed by atoms with E-state index in [-0.39, 0.29) is 33.5 Å². The van der Waals surface area contributed by atoms with Gasteiger partial charge in [-0.1, -0.05) is 41.9 Å². The molecule has 2 aromatic carbocycles. The van der Waals surface area contributed by atoms with Gasteiger partial charge in [-0.25, -0.2) is 13.1 Å². The summed E-state index contributed by atoms with van der Waals surface area (Å²) in [5.41, 5.74) is 1.35. The van der Waals surface area contributed by atoms with E-state index in [2.05, 4.69) is 10.0 Å². The van der Waals surface area contributed by atoms with Crippen LogP contribution in [0.5, 0.6) is 0 Å². The molecular weight excluding hydrogens is 384 g/mol. The number of hydrogen-bond donors (Lipinski definition) is 2. The number of amides is 1. The van der Waals surface area contributed by atoms with Crippen molar-refractivity contribution >= 4 is 27.5 Å². The predicted octanol–water partition coefficient (Wildman–Crippen LogP) is 3.78. The highest BCUT2D eigenvalue weighted by Crippen LogP contribution is 2.21. The van der Waals surface area contributed by atoms with Crippen LogP contribution < -0.4 is 10.0 Å². The molecule has 0 saturated carbocycles. The number of halogens is 1. The first kappa shape index (κ1) is 21.4. The van der Waals surface area contributed by atoms with E-state index in [1.54, 1.807) is 13.8 Å². The fraction of sp³-hybridized carbons (Fsp3) is 0.350. The summed E-state index contributed by atoms with van der Waals surface area (Å²) in [7, 11) is -3.70. The molecule has 0 spiro atoms. The van der Waals surface area contributed by atoms with E-state index in [0.717, 1.165) is 12.8 Å². The van der Waals surface area contributed by atoms with Gasteiger partial charge < -0.3 is 5.32 Å². The first-order valence-corrected chi connectivity index (χ1v) is 10.7. The number of carbonyl (C=O) groups excluding carboxylic acids is 1. The molecule has 5 nitrogen and oxygen atoms in total. The molecule has 0 heterocycles. The molecule has 7 heteroatoms. The third-order valence-electron chi connectivity index (χ3n) is 3.97. The van der Waals surface area contributed by atoms with Gasteiger partial charge in [0.05, 0.1) is 15.5 Å². The minimum absolute atomic E-state index is 0.0164. The second-order valence-electron chi connectivity index (χ2n) is 6.82. The Hall–Kier alpha value is -1.89. The van der Waals surface area contributed by atoms with Gasteiger partial charge in [0.25, 0.3) is 5.91 Å². The molecule has 1 atom stereocenters. The molecule has 0 aliphatic carbocycles. The molecule has 0 aromatic heterocycles. The molecule has 27 heavy (non-hydrogen) atoms. The van der Waals surface area contributed by atoms with Crippen molar-refractivity contribution in [2.24, 2.45) is 0 Å². The molecule has 1 amide bonds. The molecule has 0 saturated heterocycles. The van der Waals surface area contributed by atoms with Crippen LogP contribution in [0.4, 0.5) is 0 Å². The van der Waals surface area contributed by atoms with E-state index in [1.165, 1.54) is 23.8 Å². The van der Waals surface area contributed by atoms with Crippen molar-refractivity contribution in [3.63, 3.8) is 0 Å². The van der Waals surface area contributed by atoms with Gasteiger partial charge >= 0.3 is 0 Å². The smallest absolute Gasteiger partial charge is 0.253 e. The van der Waals surface area contributed by atoms with Crippen molar-refractivity contribution in [1.82, 2.24) is 10.0 Å². The predicted molar refractivity (Wildman–Crippen MR) is 109 cm³/mol. The Kier molecular flexibility index (Phi) is 7.41. The topological polar surface area (TPSA) is 75.3 Å². The molecular formula is C20H25ClN2O3S. The summed E-state index contributed by atoms with van der Waals surface area (Å²) in [6, 6.07) is 13.8. The first-order chi connectivity index (χ1) is 12.7. The molecule has 146 valence electrons. The molecule has 2 rings (SSSR count). The summed E-state index contributed by atoms with van der Waals surface area (Å²) < 4.78 is 27.1. The van der Waals surface area contributed by atoms with Crippen LogP contribution >= 0.6 is 11.6 Å². The zero-order valence-electron chi connectivity index (χ0n) is 15.7. The standard InChI is InChI=1S/C20H25ClN2O3S/c1-14(2)23-27(25,26)17-11-12-19(21)18(13-17)20(24)22-15(3)9-10-16-7-5-4-6-8-16/h4-8,11-15,23H,9-10H2,1-3H3,(H,22,24)/t15-/m1/s1. The number of hydrogen-bond acceptors (Lipinski definition) is 3. The number of nitrogens with one attached hydrogen (secondary N) is 2. The second kappa shape index (κ2) is 9.35. The summed E-state index contributed by atoms with van der Waals surface area (Å²) >= 11 is 6.13. The lowest BCUT2D eigenvalue weighted by Gasteiger charge is -2.16. The van der Waals surface area contributed by atoms with E-state index in [0.29, 0.717) is 0 Å². The zero-order chi connectivity index (χ0) is 20.0. The largest absolute Gasteiger partial charge is 0.350 e. The first-order valence-electron chi connectivity index (χ1n) is 8.85. The Morgan fingerprint density at radius 1 is 1.07 bits per heavy atom. The van der Waals surface area contributed by atoms with Gasteiger partial charge in [-0.3, -0.25) is 4.79 Å². The van der Waals surface area contributed by atoms with Crippen LogP contribution in [0, 0.1) is 0 Å². The van der Waals surface area contributed by atoms with Crippen LogP contribution in [0.1, 0.15) is 43.1 Å². The quantitative estimate of drug-likeness (QED) is 0.697. The van der Waals surface area contributed by atoms with Gasteiger partial charge in [-0.05, 0) is 57.4 Å². The minimum atomic E-state index is -3.70. The van der Waals surface area contributed by atoms with Gasteiger partial charge in [0.1, 0.15) is 0 Å². The highest BCUT2D eigenvalue weighted by Gasteiger charge is 2.20. The molecule has 0 fully saturated rings. The van der Waals surface area contributed by atoms with Crippen molar-refractivity contribution < 1.29 is 13.2 Å². The number of carbonyl (C=O) groups is 1. The SMILES string of the molecule is CC(C)NS(=O)(=O)c1ccc(Cl)c(C(=O)N[C@H](C)CCc2ccccc2)c1. The highest BCUT2D eigenvalue weighted by molar-refractivity contribution is 7.89. The van der Waals surface area contributed by atoms with E-state index in [9.17, 15) is 13.2 Å². The summed E-state index contributed by atoms with van der Waals surface area (Å²) in [5.74, 6) is -0.387. The van der Waals surface area contributed by atoms with E-state index < -0.39 is 10.0 Å². The Balaban J connectivity index is 2.08. The van der Waals surface area contributed by atoms with Gasteiger partial charge in [0, 0.05) is 12.1 Å². The normalized spacial score (nSPS) is 12.8. The zero-order valence-corrected chi connectivity index (χ0v) is 17.3. The fourth-order valence-corrected chi connectivity index (χ4v) is 4.11. The van der Waals surface area contributed by atoms with Crippen molar-refractivity contribution in [2.75, 3.05) is 0 Å². The maximum Gasteiger partial charge on any atom is 0.253 e. The number of sulfonamides is 1. The van der Waals surface area contributed by atoms with Crippen LogP contribution in [0.25, 0.3) is 0 Å². The van der Waals surface area contributed by atoms with Crippen LogP contribution in [-0.2, 0) is 16.4 Å². The molecule has 0 aliphatic rings. The lowest BCUT2D eigenvalue weighted by atomic mass is 10.1. The van der Waals surface area contributed by atoms with Crippen molar-refractivity contribution in [3.05, 3.63) is 64.7 Å². The van der Waals surface area contributed by atoms with Crippen LogP contribution in [-0.4, -0.2) is 26.4 Å². The molecule has 0 unspecified atom stereocenters. The molecule has 0 aliphatic heterocycles. The molecule has 2 aromatic rings. The minimum Gasteiger partial charge on any atom is -0.350 e. The maximum absolute atomic E-state index is 12.6. The summed E-state index contributed by atoms with van der Waals surface area (Å²) in [6.07, 6.45) is 1.60. The van der Waals surface area contributed by atoms with Gasteiger partial charge in [-0.2, -0.15) is 0 Å².